The molecule has 1 heterocycles. The number of hydrogen-bond acceptors (Lipinski definition) is 5. The SMILES string of the molecule is CC(C)Oc1c(N)nsc1NC1(C(F)(F)F)CC1. The summed E-state index contributed by atoms with van der Waals surface area (Å²) >= 11 is 0.890. The fraction of sp³-hybridized carbons (Fsp3) is 0.700. The van der Waals surface area contributed by atoms with Gasteiger partial charge in [-0.2, -0.15) is 17.5 Å². The van der Waals surface area contributed by atoms with E-state index in [1.54, 1.807) is 13.8 Å². The number of aromatic nitrogens is 1. The number of nitrogens with zero attached hydrogens (tertiary/aromatic N) is 1. The second-order valence-corrected chi connectivity index (χ2v) is 5.37. The standard InChI is InChI=1S/C10H14F3N3OS/c1-5(2)17-6-7(14)16-18-8(6)15-9(3-4-9)10(11,12)13/h5,15H,3-4H2,1-2H3,(H2,14,16). The largest absolute Gasteiger partial charge is 0.484 e. The average molecular weight is 281 g/mol. The molecule has 0 saturated heterocycles. The van der Waals surface area contributed by atoms with Crippen LogP contribution in [-0.4, -0.2) is 22.2 Å². The van der Waals surface area contributed by atoms with Crippen molar-refractivity contribution in [3.8, 4) is 5.75 Å². The van der Waals surface area contributed by atoms with Crippen molar-refractivity contribution in [2.45, 2.75) is 44.5 Å². The Morgan fingerprint density at radius 1 is 1.44 bits per heavy atom. The topological polar surface area (TPSA) is 60.2 Å². The van der Waals surface area contributed by atoms with E-state index in [1.807, 2.05) is 0 Å². The molecule has 0 bridgehead atoms. The van der Waals surface area contributed by atoms with Gasteiger partial charge in [-0.1, -0.05) is 0 Å². The summed E-state index contributed by atoms with van der Waals surface area (Å²) < 4.78 is 47.7. The molecule has 1 aromatic rings. The lowest BCUT2D eigenvalue weighted by Crippen LogP contribution is -2.38. The normalized spacial score (nSPS) is 17.9. The van der Waals surface area contributed by atoms with E-state index in [9.17, 15) is 13.2 Å². The highest BCUT2D eigenvalue weighted by Crippen LogP contribution is 2.53. The molecule has 18 heavy (non-hydrogen) atoms. The van der Waals surface area contributed by atoms with Gasteiger partial charge in [0.25, 0.3) is 0 Å². The van der Waals surface area contributed by atoms with Crippen LogP contribution in [0.3, 0.4) is 0 Å². The Hall–Kier alpha value is -1.18. The maximum Gasteiger partial charge on any atom is 0.411 e. The molecule has 4 nitrogen and oxygen atoms in total. The van der Waals surface area contributed by atoms with E-state index in [2.05, 4.69) is 9.69 Å². The van der Waals surface area contributed by atoms with E-state index < -0.39 is 11.7 Å². The molecule has 0 unspecified atom stereocenters. The number of alkyl halides is 3. The van der Waals surface area contributed by atoms with E-state index in [1.165, 1.54) is 0 Å². The second-order valence-electron chi connectivity index (χ2n) is 4.60. The molecule has 1 aromatic heterocycles. The summed E-state index contributed by atoms with van der Waals surface area (Å²) in [6.07, 6.45) is -4.32. The Morgan fingerprint density at radius 3 is 2.50 bits per heavy atom. The van der Waals surface area contributed by atoms with Crippen LogP contribution in [0.2, 0.25) is 0 Å². The molecule has 102 valence electrons. The van der Waals surface area contributed by atoms with Gasteiger partial charge in [-0.15, -0.1) is 0 Å². The summed E-state index contributed by atoms with van der Waals surface area (Å²) in [6.45, 7) is 3.55. The zero-order chi connectivity index (χ0) is 13.6. The lowest BCUT2D eigenvalue weighted by atomic mass is 10.2. The summed E-state index contributed by atoms with van der Waals surface area (Å²) in [5.74, 6) is 0.333. The highest BCUT2D eigenvalue weighted by atomic mass is 32.1. The molecule has 1 aliphatic rings. The lowest BCUT2D eigenvalue weighted by molar-refractivity contribution is -0.151. The lowest BCUT2D eigenvalue weighted by Gasteiger charge is -2.21. The zero-order valence-electron chi connectivity index (χ0n) is 9.97. The predicted molar refractivity (Wildman–Crippen MR) is 63.9 cm³/mol. The van der Waals surface area contributed by atoms with Gasteiger partial charge in [-0.05, 0) is 38.2 Å². The fourth-order valence-electron chi connectivity index (χ4n) is 1.54. The van der Waals surface area contributed by atoms with Gasteiger partial charge in [-0.3, -0.25) is 0 Å². The summed E-state index contributed by atoms with van der Waals surface area (Å²) in [5, 5.41) is 2.74. The smallest absolute Gasteiger partial charge is 0.411 e. The number of nitrogens with one attached hydrogen (secondary N) is 1. The molecule has 0 spiro atoms. The van der Waals surface area contributed by atoms with Gasteiger partial charge in [0.05, 0.1) is 6.10 Å². The summed E-state index contributed by atoms with van der Waals surface area (Å²) in [5.41, 5.74) is 3.76. The van der Waals surface area contributed by atoms with Crippen LogP contribution >= 0.6 is 11.5 Å². The van der Waals surface area contributed by atoms with Gasteiger partial charge in [0.2, 0.25) is 0 Å². The molecule has 0 atom stereocenters. The Kier molecular flexibility index (Phi) is 3.08. The third-order valence-electron chi connectivity index (χ3n) is 2.67. The molecular weight excluding hydrogens is 267 g/mol. The van der Waals surface area contributed by atoms with Gasteiger partial charge >= 0.3 is 6.18 Å². The third kappa shape index (κ3) is 2.33. The number of nitrogen functional groups attached to an aromatic ring is 1. The minimum absolute atomic E-state index is 0.0649. The summed E-state index contributed by atoms with van der Waals surface area (Å²) in [4.78, 5) is 0. The highest BCUT2D eigenvalue weighted by Gasteiger charge is 2.64. The Labute approximate surface area is 106 Å². The number of nitrogens with two attached hydrogens (primary N) is 1. The Bertz CT molecular complexity index is 440. The van der Waals surface area contributed by atoms with Crippen molar-refractivity contribution in [3.05, 3.63) is 0 Å². The van der Waals surface area contributed by atoms with Crippen LogP contribution in [-0.2, 0) is 0 Å². The van der Waals surface area contributed by atoms with Gasteiger partial charge < -0.3 is 15.8 Å². The molecule has 1 saturated carbocycles. The summed E-state index contributed by atoms with van der Waals surface area (Å²) in [7, 11) is 0. The number of hydrogen-bond donors (Lipinski definition) is 2. The summed E-state index contributed by atoms with van der Waals surface area (Å²) in [6, 6.07) is 0. The maximum absolute atomic E-state index is 12.8. The van der Waals surface area contributed by atoms with E-state index in [4.69, 9.17) is 10.5 Å². The van der Waals surface area contributed by atoms with Gasteiger partial charge in [-0.25, -0.2) is 0 Å². The Morgan fingerprint density at radius 2 is 2.06 bits per heavy atom. The van der Waals surface area contributed by atoms with Crippen LogP contribution in [0, 0.1) is 0 Å². The van der Waals surface area contributed by atoms with Gasteiger partial charge in [0.1, 0.15) is 5.54 Å². The number of anilines is 2. The average Bonchev–Trinajstić information content (AvgIpc) is 2.94. The van der Waals surface area contributed by atoms with E-state index in [0.717, 1.165) is 11.5 Å². The first-order chi connectivity index (χ1) is 8.25. The van der Waals surface area contributed by atoms with E-state index in [-0.39, 0.29) is 35.5 Å². The number of rotatable bonds is 4. The van der Waals surface area contributed by atoms with Crippen LogP contribution < -0.4 is 15.8 Å². The first kappa shape index (κ1) is 13.3. The van der Waals surface area contributed by atoms with Crippen LogP contribution in [0.15, 0.2) is 0 Å². The number of ether oxygens (including phenoxy) is 1. The molecule has 0 radical (unpaired) electrons. The van der Waals surface area contributed by atoms with Crippen molar-refractivity contribution in [2.75, 3.05) is 11.1 Å². The minimum Gasteiger partial charge on any atom is -0.484 e. The Balaban J connectivity index is 2.20. The van der Waals surface area contributed by atoms with Gasteiger partial charge in [0.15, 0.2) is 16.6 Å². The third-order valence-corrected chi connectivity index (χ3v) is 3.43. The monoisotopic (exact) mass is 281 g/mol. The van der Waals surface area contributed by atoms with Crippen LogP contribution in [0.5, 0.6) is 5.75 Å². The zero-order valence-corrected chi connectivity index (χ0v) is 10.8. The van der Waals surface area contributed by atoms with Crippen LogP contribution in [0.4, 0.5) is 24.0 Å². The number of halogens is 3. The minimum atomic E-state index is -4.28. The first-order valence-electron chi connectivity index (χ1n) is 5.52. The molecule has 3 N–H and O–H groups in total. The molecule has 0 amide bonds. The van der Waals surface area contributed by atoms with E-state index in [0.29, 0.717) is 0 Å². The molecule has 2 rings (SSSR count). The van der Waals surface area contributed by atoms with Crippen LogP contribution in [0.1, 0.15) is 26.7 Å². The van der Waals surface area contributed by atoms with Crippen LogP contribution in [0.25, 0.3) is 0 Å². The second kappa shape index (κ2) is 4.18. The molecule has 0 aromatic carbocycles. The first-order valence-corrected chi connectivity index (χ1v) is 6.29. The van der Waals surface area contributed by atoms with Crippen molar-refractivity contribution in [3.63, 3.8) is 0 Å². The van der Waals surface area contributed by atoms with E-state index >= 15 is 0 Å². The highest BCUT2D eigenvalue weighted by molar-refractivity contribution is 7.11. The predicted octanol–water partition coefficient (Wildman–Crippen LogP) is 3.02. The van der Waals surface area contributed by atoms with Crippen molar-refractivity contribution in [1.29, 1.82) is 0 Å². The molecule has 1 aliphatic carbocycles. The maximum atomic E-state index is 12.8. The quantitative estimate of drug-likeness (QED) is 0.890. The molecule has 1 fully saturated rings. The van der Waals surface area contributed by atoms with Gasteiger partial charge in [0, 0.05) is 0 Å². The van der Waals surface area contributed by atoms with Crippen molar-refractivity contribution in [1.82, 2.24) is 4.37 Å². The molecular formula is C10H14F3N3OS. The molecule has 0 aliphatic heterocycles. The van der Waals surface area contributed by atoms with Crippen molar-refractivity contribution in [2.24, 2.45) is 0 Å². The molecule has 8 heteroatoms. The fourth-order valence-corrected chi connectivity index (χ4v) is 2.29. The van der Waals surface area contributed by atoms with Crippen molar-refractivity contribution < 1.29 is 17.9 Å². The van der Waals surface area contributed by atoms with Crippen molar-refractivity contribution >= 4 is 22.4 Å².